The number of nitrogens with one attached hydrogen (secondary N) is 1. The minimum absolute atomic E-state index is 0.323. The van der Waals surface area contributed by atoms with Crippen LogP contribution in [0.2, 0.25) is 0 Å². The second kappa shape index (κ2) is 7.90. The summed E-state index contributed by atoms with van der Waals surface area (Å²) in [5, 5.41) is 12.1. The van der Waals surface area contributed by atoms with E-state index in [1.54, 1.807) is 6.20 Å². The van der Waals surface area contributed by atoms with Crippen LogP contribution in [-0.4, -0.2) is 45.1 Å². The van der Waals surface area contributed by atoms with Gasteiger partial charge in [0.15, 0.2) is 0 Å². The summed E-state index contributed by atoms with van der Waals surface area (Å²) in [6.45, 7) is 4.81. The first-order valence-corrected chi connectivity index (χ1v) is 8.37. The zero-order valence-corrected chi connectivity index (χ0v) is 14.2. The summed E-state index contributed by atoms with van der Waals surface area (Å²) in [4.78, 5) is 21.8. The largest absolute Gasteiger partial charge is 0.478 e. The van der Waals surface area contributed by atoms with Crippen LogP contribution in [-0.2, 0) is 11.3 Å². The zero-order chi connectivity index (χ0) is 17.6. The Hall–Kier alpha value is -2.73. The molecule has 1 aromatic heterocycles. The van der Waals surface area contributed by atoms with Crippen molar-refractivity contribution in [2.24, 2.45) is 0 Å². The summed E-state index contributed by atoms with van der Waals surface area (Å²) < 4.78 is 0. The highest BCUT2D eigenvalue weighted by molar-refractivity contribution is 5.85. The standard InChI is InChI=1S/C19H22N4O2/c1-14-16(7-8-18(24)25)11-20-19(21-14)22-17-9-10-23(13-17)12-15-5-3-2-4-6-15/h2-8,11,17H,9-10,12-13H2,1H3,(H,24,25)(H,20,21,22)/b8-7+. The molecule has 3 rings (SSSR count). The molecule has 1 atom stereocenters. The molecule has 2 heterocycles. The number of carbonyl (C=O) groups is 1. The molecule has 0 spiro atoms. The number of hydrogen-bond donors (Lipinski definition) is 2. The molecule has 0 aliphatic carbocycles. The molecule has 25 heavy (non-hydrogen) atoms. The monoisotopic (exact) mass is 338 g/mol. The van der Waals surface area contributed by atoms with Gasteiger partial charge in [-0.3, -0.25) is 4.90 Å². The molecule has 1 unspecified atom stereocenters. The lowest BCUT2D eigenvalue weighted by atomic mass is 10.2. The third-order valence-corrected chi connectivity index (χ3v) is 4.28. The van der Waals surface area contributed by atoms with Crippen LogP contribution >= 0.6 is 0 Å². The number of aromatic nitrogens is 2. The highest BCUT2D eigenvalue weighted by atomic mass is 16.4. The maximum Gasteiger partial charge on any atom is 0.328 e. The van der Waals surface area contributed by atoms with Gasteiger partial charge < -0.3 is 10.4 Å². The van der Waals surface area contributed by atoms with E-state index < -0.39 is 5.97 Å². The molecule has 0 saturated carbocycles. The fraction of sp³-hybridized carbons (Fsp3) is 0.316. The maximum atomic E-state index is 10.6. The average molecular weight is 338 g/mol. The highest BCUT2D eigenvalue weighted by Crippen LogP contribution is 2.17. The van der Waals surface area contributed by atoms with Crippen LogP contribution in [0, 0.1) is 6.92 Å². The van der Waals surface area contributed by atoms with E-state index in [2.05, 4.69) is 44.5 Å². The summed E-state index contributed by atoms with van der Waals surface area (Å²) in [6, 6.07) is 10.8. The zero-order valence-electron chi connectivity index (χ0n) is 14.2. The van der Waals surface area contributed by atoms with E-state index in [-0.39, 0.29) is 0 Å². The fourth-order valence-electron chi connectivity index (χ4n) is 2.99. The Kier molecular flexibility index (Phi) is 5.40. The molecular formula is C19H22N4O2. The Morgan fingerprint density at radius 3 is 2.92 bits per heavy atom. The highest BCUT2D eigenvalue weighted by Gasteiger charge is 2.23. The lowest BCUT2D eigenvalue weighted by Crippen LogP contribution is -2.26. The third kappa shape index (κ3) is 4.87. The Morgan fingerprint density at radius 1 is 1.40 bits per heavy atom. The van der Waals surface area contributed by atoms with Crippen molar-refractivity contribution in [2.75, 3.05) is 18.4 Å². The van der Waals surface area contributed by atoms with E-state index in [9.17, 15) is 4.79 Å². The van der Waals surface area contributed by atoms with Gasteiger partial charge in [-0.2, -0.15) is 0 Å². The molecule has 1 aliphatic heterocycles. The van der Waals surface area contributed by atoms with Crippen LogP contribution in [0.1, 0.15) is 23.2 Å². The number of carboxylic acid groups (broad SMARTS) is 1. The van der Waals surface area contributed by atoms with Crippen LogP contribution in [0.4, 0.5) is 5.95 Å². The number of benzene rings is 1. The fourth-order valence-corrected chi connectivity index (χ4v) is 2.99. The van der Waals surface area contributed by atoms with Crippen molar-refractivity contribution in [3.63, 3.8) is 0 Å². The van der Waals surface area contributed by atoms with Gasteiger partial charge >= 0.3 is 5.97 Å². The van der Waals surface area contributed by atoms with Gasteiger partial charge in [0.1, 0.15) is 0 Å². The van der Waals surface area contributed by atoms with Gasteiger partial charge in [0.25, 0.3) is 0 Å². The SMILES string of the molecule is Cc1nc(NC2CCN(Cc3ccccc3)C2)ncc1/C=C/C(=O)O. The van der Waals surface area contributed by atoms with Crippen molar-refractivity contribution < 1.29 is 9.90 Å². The molecule has 6 nitrogen and oxygen atoms in total. The molecule has 2 N–H and O–H groups in total. The van der Waals surface area contributed by atoms with Crippen LogP contribution in [0.5, 0.6) is 0 Å². The first-order valence-electron chi connectivity index (χ1n) is 8.37. The number of likely N-dealkylation sites (tertiary alicyclic amines) is 1. The third-order valence-electron chi connectivity index (χ3n) is 4.28. The van der Waals surface area contributed by atoms with Crippen LogP contribution in [0.25, 0.3) is 6.08 Å². The van der Waals surface area contributed by atoms with Crippen LogP contribution in [0.15, 0.2) is 42.6 Å². The molecule has 1 saturated heterocycles. The summed E-state index contributed by atoms with van der Waals surface area (Å²) in [7, 11) is 0. The van der Waals surface area contributed by atoms with Crippen molar-refractivity contribution in [1.29, 1.82) is 0 Å². The topological polar surface area (TPSA) is 78.4 Å². The minimum atomic E-state index is -0.980. The Morgan fingerprint density at radius 2 is 2.20 bits per heavy atom. The quantitative estimate of drug-likeness (QED) is 0.788. The second-order valence-electron chi connectivity index (χ2n) is 6.26. The van der Waals surface area contributed by atoms with E-state index in [1.165, 1.54) is 11.6 Å². The number of aliphatic carboxylic acids is 1. The summed E-state index contributed by atoms with van der Waals surface area (Å²) in [5.74, 6) is -0.386. The molecule has 130 valence electrons. The van der Waals surface area contributed by atoms with Gasteiger partial charge in [-0.1, -0.05) is 30.3 Å². The van der Waals surface area contributed by atoms with Gasteiger partial charge in [-0.05, 0) is 25.0 Å². The number of hydrogen-bond acceptors (Lipinski definition) is 5. The van der Waals surface area contributed by atoms with Gasteiger partial charge in [0.05, 0.1) is 5.69 Å². The molecule has 1 aromatic carbocycles. The second-order valence-corrected chi connectivity index (χ2v) is 6.26. The first-order chi connectivity index (χ1) is 12.1. The Labute approximate surface area is 147 Å². The molecule has 2 aromatic rings. The lowest BCUT2D eigenvalue weighted by Gasteiger charge is -2.17. The predicted molar refractivity (Wildman–Crippen MR) is 97.2 cm³/mol. The maximum absolute atomic E-state index is 10.6. The lowest BCUT2D eigenvalue weighted by molar-refractivity contribution is -0.131. The number of nitrogens with zero attached hydrogens (tertiary/aromatic N) is 3. The minimum Gasteiger partial charge on any atom is -0.478 e. The van der Waals surface area contributed by atoms with Gasteiger partial charge in [-0.15, -0.1) is 0 Å². The molecule has 6 heteroatoms. The molecule has 1 fully saturated rings. The van der Waals surface area contributed by atoms with E-state index in [4.69, 9.17) is 5.11 Å². The molecular weight excluding hydrogens is 316 g/mol. The van der Waals surface area contributed by atoms with Crippen molar-refractivity contribution >= 4 is 18.0 Å². The summed E-state index contributed by atoms with van der Waals surface area (Å²) in [6.07, 6.45) is 5.31. The Bertz CT molecular complexity index is 761. The molecule has 0 amide bonds. The molecule has 1 aliphatic rings. The van der Waals surface area contributed by atoms with Crippen molar-refractivity contribution in [1.82, 2.24) is 14.9 Å². The smallest absolute Gasteiger partial charge is 0.328 e. The van der Waals surface area contributed by atoms with Crippen molar-refractivity contribution in [3.05, 3.63) is 59.4 Å². The van der Waals surface area contributed by atoms with E-state index in [0.29, 0.717) is 17.6 Å². The van der Waals surface area contributed by atoms with Gasteiger partial charge in [0, 0.05) is 43.5 Å². The van der Waals surface area contributed by atoms with Crippen LogP contribution in [0.3, 0.4) is 0 Å². The van der Waals surface area contributed by atoms with Gasteiger partial charge in [-0.25, -0.2) is 14.8 Å². The number of carboxylic acids is 1. The van der Waals surface area contributed by atoms with Gasteiger partial charge in [0.2, 0.25) is 5.95 Å². The van der Waals surface area contributed by atoms with Crippen LogP contribution < -0.4 is 5.32 Å². The predicted octanol–water partition coefficient (Wildman–Crippen LogP) is 2.57. The number of anilines is 1. The summed E-state index contributed by atoms with van der Waals surface area (Å²) in [5.41, 5.74) is 2.80. The first kappa shape index (κ1) is 17.1. The van der Waals surface area contributed by atoms with E-state index >= 15 is 0 Å². The van der Waals surface area contributed by atoms with E-state index in [1.807, 2.05) is 13.0 Å². The normalized spacial score (nSPS) is 17.9. The number of aryl methyl sites for hydroxylation is 1. The number of rotatable bonds is 6. The summed E-state index contributed by atoms with van der Waals surface area (Å²) >= 11 is 0. The van der Waals surface area contributed by atoms with Crippen molar-refractivity contribution in [3.8, 4) is 0 Å². The molecule has 0 bridgehead atoms. The van der Waals surface area contributed by atoms with Crippen molar-refractivity contribution in [2.45, 2.75) is 25.9 Å². The Balaban J connectivity index is 1.56. The average Bonchev–Trinajstić information content (AvgIpc) is 3.02. The van der Waals surface area contributed by atoms with E-state index in [0.717, 1.165) is 37.8 Å². The molecule has 0 radical (unpaired) electrons.